The standard InChI is InChI=1S/C11H11FN2O2/c1-11(10(15)16)6-9(13-14-11)7-2-4-8(12)5-3-7/h2-5,9H,6H2,1H3,(H,15,16). The first kappa shape index (κ1) is 10.7. The molecule has 0 aromatic heterocycles. The Balaban J connectivity index is 2.19. The van der Waals surface area contributed by atoms with Gasteiger partial charge in [-0.1, -0.05) is 12.1 Å². The minimum absolute atomic E-state index is 0.290. The van der Waals surface area contributed by atoms with Crippen LogP contribution in [0.2, 0.25) is 0 Å². The van der Waals surface area contributed by atoms with Crippen molar-refractivity contribution in [2.75, 3.05) is 0 Å². The average molecular weight is 222 g/mol. The third kappa shape index (κ3) is 1.80. The number of aliphatic carboxylic acids is 1. The Morgan fingerprint density at radius 1 is 1.50 bits per heavy atom. The van der Waals surface area contributed by atoms with Gasteiger partial charge in [-0.05, 0) is 24.6 Å². The molecule has 0 aliphatic carbocycles. The van der Waals surface area contributed by atoms with E-state index in [-0.39, 0.29) is 11.9 Å². The van der Waals surface area contributed by atoms with Crippen molar-refractivity contribution >= 4 is 5.97 Å². The molecule has 1 N–H and O–H groups in total. The van der Waals surface area contributed by atoms with Gasteiger partial charge in [0.15, 0.2) is 5.54 Å². The van der Waals surface area contributed by atoms with Crippen LogP contribution < -0.4 is 0 Å². The summed E-state index contributed by atoms with van der Waals surface area (Å²) in [6, 6.07) is 5.59. The lowest BCUT2D eigenvalue weighted by Gasteiger charge is -2.13. The number of carboxylic acids is 1. The highest BCUT2D eigenvalue weighted by atomic mass is 19.1. The fourth-order valence-electron chi connectivity index (χ4n) is 1.65. The van der Waals surface area contributed by atoms with Crippen LogP contribution in [0.25, 0.3) is 0 Å². The zero-order chi connectivity index (χ0) is 11.8. The Labute approximate surface area is 91.8 Å². The van der Waals surface area contributed by atoms with E-state index in [4.69, 9.17) is 5.11 Å². The molecule has 0 saturated carbocycles. The Morgan fingerprint density at radius 3 is 2.62 bits per heavy atom. The molecule has 1 aromatic rings. The van der Waals surface area contributed by atoms with Crippen LogP contribution in [0.15, 0.2) is 34.5 Å². The van der Waals surface area contributed by atoms with Gasteiger partial charge in [0.2, 0.25) is 0 Å². The van der Waals surface area contributed by atoms with Crippen LogP contribution in [0.5, 0.6) is 0 Å². The van der Waals surface area contributed by atoms with Crippen molar-refractivity contribution in [2.45, 2.75) is 24.9 Å². The lowest BCUT2D eigenvalue weighted by atomic mass is 9.92. The van der Waals surface area contributed by atoms with E-state index in [1.165, 1.54) is 19.1 Å². The fraction of sp³-hybridized carbons (Fsp3) is 0.364. The van der Waals surface area contributed by atoms with Crippen molar-refractivity contribution in [2.24, 2.45) is 10.2 Å². The first-order valence-corrected chi connectivity index (χ1v) is 4.92. The highest BCUT2D eigenvalue weighted by molar-refractivity contribution is 5.78. The number of nitrogens with zero attached hydrogens (tertiary/aromatic N) is 2. The van der Waals surface area contributed by atoms with Gasteiger partial charge in [-0.3, -0.25) is 0 Å². The number of carboxylic acid groups (broad SMARTS) is 1. The van der Waals surface area contributed by atoms with E-state index >= 15 is 0 Å². The lowest BCUT2D eigenvalue weighted by molar-refractivity contribution is -0.142. The molecular formula is C11H11FN2O2. The summed E-state index contributed by atoms with van der Waals surface area (Å²) >= 11 is 0. The number of rotatable bonds is 2. The van der Waals surface area contributed by atoms with Gasteiger partial charge in [-0.25, -0.2) is 9.18 Å². The normalized spacial score (nSPS) is 28.2. The molecule has 2 unspecified atom stereocenters. The molecule has 2 atom stereocenters. The quantitative estimate of drug-likeness (QED) is 0.835. The molecule has 84 valence electrons. The fourth-order valence-corrected chi connectivity index (χ4v) is 1.65. The van der Waals surface area contributed by atoms with Crippen LogP contribution >= 0.6 is 0 Å². The Kier molecular flexibility index (Phi) is 2.46. The molecule has 4 nitrogen and oxygen atoms in total. The lowest BCUT2D eigenvalue weighted by Crippen LogP contribution is -2.30. The van der Waals surface area contributed by atoms with Gasteiger partial charge in [0.25, 0.3) is 0 Å². The van der Waals surface area contributed by atoms with Crippen molar-refractivity contribution in [3.63, 3.8) is 0 Å². The molecule has 0 saturated heterocycles. The smallest absolute Gasteiger partial charge is 0.333 e. The van der Waals surface area contributed by atoms with Gasteiger partial charge in [-0.2, -0.15) is 10.2 Å². The zero-order valence-electron chi connectivity index (χ0n) is 8.72. The van der Waals surface area contributed by atoms with Gasteiger partial charge >= 0.3 is 5.97 Å². The number of benzene rings is 1. The summed E-state index contributed by atoms with van der Waals surface area (Å²) in [5.41, 5.74) is -0.367. The summed E-state index contributed by atoms with van der Waals surface area (Å²) in [7, 11) is 0. The minimum Gasteiger partial charge on any atom is -0.479 e. The highest BCUT2D eigenvalue weighted by Gasteiger charge is 2.41. The molecule has 16 heavy (non-hydrogen) atoms. The molecule has 1 heterocycles. The zero-order valence-corrected chi connectivity index (χ0v) is 8.72. The van der Waals surface area contributed by atoms with Crippen LogP contribution in [0.1, 0.15) is 24.9 Å². The van der Waals surface area contributed by atoms with E-state index in [1.807, 2.05) is 0 Å². The Hall–Kier alpha value is -1.78. The monoisotopic (exact) mass is 222 g/mol. The molecule has 0 amide bonds. The second-order valence-electron chi connectivity index (χ2n) is 4.07. The van der Waals surface area contributed by atoms with E-state index in [9.17, 15) is 9.18 Å². The van der Waals surface area contributed by atoms with E-state index in [0.717, 1.165) is 5.56 Å². The second kappa shape index (κ2) is 3.66. The summed E-state index contributed by atoms with van der Waals surface area (Å²) in [5.74, 6) is -1.31. The first-order valence-electron chi connectivity index (χ1n) is 4.92. The maximum Gasteiger partial charge on any atom is 0.333 e. The Bertz CT molecular complexity index is 444. The summed E-state index contributed by atoms with van der Waals surface area (Å²) in [6.07, 6.45) is 0.313. The first-order chi connectivity index (χ1) is 7.51. The predicted molar refractivity (Wildman–Crippen MR) is 54.7 cm³/mol. The van der Waals surface area contributed by atoms with E-state index < -0.39 is 11.5 Å². The maximum absolute atomic E-state index is 12.7. The molecule has 0 radical (unpaired) electrons. The van der Waals surface area contributed by atoms with Crippen molar-refractivity contribution in [3.05, 3.63) is 35.6 Å². The minimum atomic E-state index is -1.15. The average Bonchev–Trinajstić information content (AvgIpc) is 2.63. The molecule has 0 fully saturated rings. The van der Waals surface area contributed by atoms with E-state index in [2.05, 4.69) is 10.2 Å². The van der Waals surface area contributed by atoms with Crippen LogP contribution in [0.4, 0.5) is 4.39 Å². The largest absolute Gasteiger partial charge is 0.479 e. The number of halogens is 1. The van der Waals surface area contributed by atoms with Gasteiger partial charge in [0.05, 0.1) is 6.04 Å². The summed E-state index contributed by atoms with van der Waals surface area (Å²) < 4.78 is 12.7. The molecule has 2 rings (SSSR count). The maximum atomic E-state index is 12.7. The highest BCUT2D eigenvalue weighted by Crippen LogP contribution is 2.36. The SMILES string of the molecule is CC1(C(=O)O)CC(c2ccc(F)cc2)N=N1. The van der Waals surface area contributed by atoms with Gasteiger partial charge in [-0.15, -0.1) is 0 Å². The van der Waals surface area contributed by atoms with Crippen molar-refractivity contribution in [1.29, 1.82) is 0 Å². The molecule has 1 aliphatic heterocycles. The number of carbonyl (C=O) groups is 1. The molecule has 1 aromatic carbocycles. The number of hydrogen-bond donors (Lipinski definition) is 1. The van der Waals surface area contributed by atoms with E-state index in [0.29, 0.717) is 6.42 Å². The number of azo groups is 1. The molecule has 5 heteroatoms. The molecular weight excluding hydrogens is 211 g/mol. The summed E-state index contributed by atoms with van der Waals surface area (Å²) in [5, 5.41) is 16.7. The third-order valence-electron chi connectivity index (χ3n) is 2.72. The summed E-state index contributed by atoms with van der Waals surface area (Å²) in [4.78, 5) is 10.9. The van der Waals surface area contributed by atoms with Crippen molar-refractivity contribution < 1.29 is 14.3 Å². The predicted octanol–water partition coefficient (Wildman–Crippen LogP) is 2.57. The van der Waals surface area contributed by atoms with Gasteiger partial charge in [0, 0.05) is 6.42 Å². The van der Waals surface area contributed by atoms with Gasteiger partial charge < -0.3 is 5.11 Å². The van der Waals surface area contributed by atoms with Crippen LogP contribution in [-0.2, 0) is 4.79 Å². The van der Waals surface area contributed by atoms with Crippen LogP contribution in [0.3, 0.4) is 0 Å². The van der Waals surface area contributed by atoms with Gasteiger partial charge in [0.1, 0.15) is 5.82 Å². The van der Waals surface area contributed by atoms with E-state index in [1.54, 1.807) is 12.1 Å². The van der Waals surface area contributed by atoms with Crippen molar-refractivity contribution in [3.8, 4) is 0 Å². The second-order valence-corrected chi connectivity index (χ2v) is 4.07. The molecule has 0 spiro atoms. The third-order valence-corrected chi connectivity index (χ3v) is 2.72. The van der Waals surface area contributed by atoms with Crippen LogP contribution in [0, 0.1) is 5.82 Å². The number of hydrogen-bond acceptors (Lipinski definition) is 3. The van der Waals surface area contributed by atoms with Crippen LogP contribution in [-0.4, -0.2) is 16.6 Å². The molecule has 0 bridgehead atoms. The topological polar surface area (TPSA) is 62.0 Å². The summed E-state index contributed by atoms with van der Waals surface area (Å²) in [6.45, 7) is 1.53. The molecule has 1 aliphatic rings. The Morgan fingerprint density at radius 2 is 2.12 bits per heavy atom. The van der Waals surface area contributed by atoms with Crippen molar-refractivity contribution in [1.82, 2.24) is 0 Å².